The van der Waals surface area contributed by atoms with Crippen LogP contribution in [0.25, 0.3) is 0 Å². The van der Waals surface area contributed by atoms with Crippen LogP contribution in [0.3, 0.4) is 0 Å². The predicted octanol–water partition coefficient (Wildman–Crippen LogP) is 1.67. The van der Waals surface area contributed by atoms with Crippen molar-refractivity contribution >= 4 is 11.9 Å². The maximum absolute atomic E-state index is 11.9. The maximum atomic E-state index is 11.9. The van der Waals surface area contributed by atoms with E-state index in [9.17, 15) is 9.59 Å². The number of carbonyl (C=O) groups excluding carboxylic acids is 1. The van der Waals surface area contributed by atoms with E-state index in [1.807, 2.05) is 6.92 Å². The SMILES string of the molecule is CC1=CCCN(C(=O)CC(C)(C)C(=O)O)C1. The van der Waals surface area contributed by atoms with E-state index in [1.54, 1.807) is 18.7 Å². The smallest absolute Gasteiger partial charge is 0.309 e. The molecule has 0 atom stereocenters. The maximum Gasteiger partial charge on any atom is 0.309 e. The van der Waals surface area contributed by atoms with Gasteiger partial charge in [0.15, 0.2) is 0 Å². The van der Waals surface area contributed by atoms with Gasteiger partial charge in [-0.15, -0.1) is 0 Å². The molecule has 0 radical (unpaired) electrons. The second-order valence-corrected chi connectivity index (χ2v) is 5.02. The lowest BCUT2D eigenvalue weighted by Gasteiger charge is -2.29. The molecule has 0 aliphatic carbocycles. The van der Waals surface area contributed by atoms with Gasteiger partial charge in [-0.05, 0) is 27.2 Å². The van der Waals surface area contributed by atoms with Gasteiger partial charge < -0.3 is 10.0 Å². The summed E-state index contributed by atoms with van der Waals surface area (Å²) in [4.78, 5) is 24.6. The fraction of sp³-hybridized carbons (Fsp3) is 0.667. The van der Waals surface area contributed by atoms with E-state index in [1.165, 1.54) is 5.57 Å². The lowest BCUT2D eigenvalue weighted by atomic mass is 9.88. The molecular formula is C12H19NO3. The molecule has 1 heterocycles. The summed E-state index contributed by atoms with van der Waals surface area (Å²) in [6.07, 6.45) is 3.05. The molecule has 4 heteroatoms. The molecule has 0 aromatic carbocycles. The summed E-state index contributed by atoms with van der Waals surface area (Å²) >= 11 is 0. The van der Waals surface area contributed by atoms with Crippen LogP contribution in [-0.2, 0) is 9.59 Å². The molecule has 0 bridgehead atoms. The second kappa shape index (κ2) is 4.68. The van der Waals surface area contributed by atoms with Crippen LogP contribution in [0.1, 0.15) is 33.6 Å². The summed E-state index contributed by atoms with van der Waals surface area (Å²) in [5.74, 6) is -0.995. The summed E-state index contributed by atoms with van der Waals surface area (Å²) in [6, 6.07) is 0. The van der Waals surface area contributed by atoms with Crippen molar-refractivity contribution in [2.75, 3.05) is 13.1 Å². The van der Waals surface area contributed by atoms with E-state index in [2.05, 4.69) is 6.08 Å². The van der Waals surface area contributed by atoms with E-state index in [0.29, 0.717) is 13.1 Å². The molecule has 1 aliphatic rings. The zero-order valence-corrected chi connectivity index (χ0v) is 10.1. The number of carboxylic acids is 1. The Morgan fingerprint density at radius 3 is 2.62 bits per heavy atom. The lowest BCUT2D eigenvalue weighted by Crippen LogP contribution is -2.39. The van der Waals surface area contributed by atoms with Gasteiger partial charge in [-0.25, -0.2) is 0 Å². The molecule has 0 saturated carbocycles. The number of amides is 1. The minimum absolute atomic E-state index is 0.0651. The molecule has 1 amide bonds. The summed E-state index contributed by atoms with van der Waals surface area (Å²) in [6.45, 7) is 6.49. The summed E-state index contributed by atoms with van der Waals surface area (Å²) < 4.78 is 0. The van der Waals surface area contributed by atoms with Crippen molar-refractivity contribution in [3.05, 3.63) is 11.6 Å². The normalized spacial score (nSPS) is 16.9. The summed E-state index contributed by atoms with van der Waals surface area (Å²) in [5.41, 5.74) is 0.194. The quantitative estimate of drug-likeness (QED) is 0.743. The summed E-state index contributed by atoms with van der Waals surface area (Å²) in [5, 5.41) is 8.96. The highest BCUT2D eigenvalue weighted by molar-refractivity contribution is 5.84. The van der Waals surface area contributed by atoms with Crippen molar-refractivity contribution in [1.29, 1.82) is 0 Å². The molecule has 16 heavy (non-hydrogen) atoms. The van der Waals surface area contributed by atoms with E-state index in [0.717, 1.165) is 6.42 Å². The Hall–Kier alpha value is -1.32. The summed E-state index contributed by atoms with van der Waals surface area (Å²) in [7, 11) is 0. The molecule has 0 spiro atoms. The van der Waals surface area contributed by atoms with Crippen molar-refractivity contribution < 1.29 is 14.7 Å². The fourth-order valence-electron chi connectivity index (χ4n) is 1.69. The molecular weight excluding hydrogens is 206 g/mol. The van der Waals surface area contributed by atoms with Gasteiger partial charge in [0.1, 0.15) is 0 Å². The van der Waals surface area contributed by atoms with Crippen LogP contribution in [0.2, 0.25) is 0 Å². The topological polar surface area (TPSA) is 57.6 Å². The number of carbonyl (C=O) groups is 2. The number of hydrogen-bond acceptors (Lipinski definition) is 2. The van der Waals surface area contributed by atoms with Crippen molar-refractivity contribution in [3.63, 3.8) is 0 Å². The van der Waals surface area contributed by atoms with Crippen LogP contribution in [0, 0.1) is 5.41 Å². The van der Waals surface area contributed by atoms with E-state index in [4.69, 9.17) is 5.11 Å². The van der Waals surface area contributed by atoms with Crippen LogP contribution in [0.4, 0.5) is 0 Å². The van der Waals surface area contributed by atoms with Crippen molar-refractivity contribution in [3.8, 4) is 0 Å². The van der Waals surface area contributed by atoms with Gasteiger partial charge in [-0.3, -0.25) is 9.59 Å². The zero-order chi connectivity index (χ0) is 12.3. The van der Waals surface area contributed by atoms with Gasteiger partial charge in [-0.1, -0.05) is 11.6 Å². The molecule has 1 aliphatic heterocycles. The first-order valence-electron chi connectivity index (χ1n) is 5.50. The minimum atomic E-state index is -0.980. The monoisotopic (exact) mass is 225 g/mol. The molecule has 0 fully saturated rings. The zero-order valence-electron chi connectivity index (χ0n) is 10.1. The van der Waals surface area contributed by atoms with Crippen molar-refractivity contribution in [2.45, 2.75) is 33.6 Å². The van der Waals surface area contributed by atoms with Gasteiger partial charge in [0.25, 0.3) is 0 Å². The second-order valence-electron chi connectivity index (χ2n) is 5.02. The minimum Gasteiger partial charge on any atom is -0.481 e. The largest absolute Gasteiger partial charge is 0.481 e. The van der Waals surface area contributed by atoms with Crippen LogP contribution in [-0.4, -0.2) is 35.0 Å². The number of nitrogens with zero attached hydrogens (tertiary/aromatic N) is 1. The Morgan fingerprint density at radius 2 is 2.12 bits per heavy atom. The Morgan fingerprint density at radius 1 is 1.50 bits per heavy atom. The van der Waals surface area contributed by atoms with Crippen molar-refractivity contribution in [2.24, 2.45) is 5.41 Å². The Kier molecular flexibility index (Phi) is 3.73. The predicted molar refractivity (Wildman–Crippen MR) is 61.0 cm³/mol. The standard InChI is InChI=1S/C12H19NO3/c1-9-5-4-6-13(8-9)10(14)7-12(2,3)11(15)16/h5H,4,6-8H2,1-3H3,(H,15,16). The molecule has 0 aromatic rings. The Bertz CT molecular complexity index is 331. The van der Waals surface area contributed by atoms with E-state index in [-0.39, 0.29) is 12.3 Å². The van der Waals surface area contributed by atoms with Crippen LogP contribution in [0.15, 0.2) is 11.6 Å². The van der Waals surface area contributed by atoms with Crippen LogP contribution in [0.5, 0.6) is 0 Å². The first-order chi connectivity index (χ1) is 7.33. The highest BCUT2D eigenvalue weighted by atomic mass is 16.4. The van der Waals surface area contributed by atoms with Gasteiger partial charge in [0.05, 0.1) is 5.41 Å². The number of hydrogen-bond donors (Lipinski definition) is 1. The van der Waals surface area contributed by atoms with Gasteiger partial charge in [0, 0.05) is 19.5 Å². The number of aliphatic carboxylic acids is 1. The third kappa shape index (κ3) is 3.08. The highest BCUT2D eigenvalue weighted by Crippen LogP contribution is 2.22. The Balaban J connectivity index is 2.60. The van der Waals surface area contributed by atoms with E-state index < -0.39 is 11.4 Å². The number of rotatable bonds is 3. The molecule has 1 rings (SSSR count). The lowest BCUT2D eigenvalue weighted by molar-refractivity contribution is -0.151. The Labute approximate surface area is 95.9 Å². The van der Waals surface area contributed by atoms with Crippen LogP contribution >= 0.6 is 0 Å². The first kappa shape index (κ1) is 12.7. The third-order valence-corrected chi connectivity index (χ3v) is 2.86. The van der Waals surface area contributed by atoms with Gasteiger partial charge >= 0.3 is 5.97 Å². The van der Waals surface area contributed by atoms with Gasteiger partial charge in [-0.2, -0.15) is 0 Å². The van der Waals surface area contributed by atoms with E-state index >= 15 is 0 Å². The molecule has 0 aromatic heterocycles. The third-order valence-electron chi connectivity index (χ3n) is 2.86. The first-order valence-corrected chi connectivity index (χ1v) is 5.50. The molecule has 90 valence electrons. The molecule has 0 saturated heterocycles. The average molecular weight is 225 g/mol. The number of carboxylic acid groups (broad SMARTS) is 1. The fourth-order valence-corrected chi connectivity index (χ4v) is 1.69. The molecule has 1 N–H and O–H groups in total. The molecule has 0 unspecified atom stereocenters. The van der Waals surface area contributed by atoms with Gasteiger partial charge in [0.2, 0.25) is 5.91 Å². The molecule has 4 nitrogen and oxygen atoms in total. The average Bonchev–Trinajstić information content (AvgIpc) is 2.16. The van der Waals surface area contributed by atoms with Crippen LogP contribution < -0.4 is 0 Å². The highest BCUT2D eigenvalue weighted by Gasteiger charge is 2.32. The van der Waals surface area contributed by atoms with Crippen molar-refractivity contribution in [1.82, 2.24) is 4.90 Å².